The van der Waals surface area contributed by atoms with Gasteiger partial charge in [0.2, 0.25) is 0 Å². The Morgan fingerprint density at radius 1 is 1.22 bits per heavy atom. The van der Waals surface area contributed by atoms with Gasteiger partial charge in [-0.2, -0.15) is 0 Å². The fourth-order valence-corrected chi connectivity index (χ4v) is 4.87. The number of halogens is 1. The van der Waals surface area contributed by atoms with Crippen molar-refractivity contribution in [3.63, 3.8) is 0 Å². The Balaban J connectivity index is 1.85. The average Bonchev–Trinajstić information content (AvgIpc) is 2.64. The second-order valence-electron chi connectivity index (χ2n) is 7.12. The van der Waals surface area contributed by atoms with E-state index in [4.69, 9.17) is 0 Å². The van der Waals surface area contributed by atoms with E-state index in [1.807, 2.05) is 17.9 Å². The van der Waals surface area contributed by atoms with Crippen molar-refractivity contribution in [3.05, 3.63) is 58.1 Å². The number of aryl methyl sites for hydroxylation is 1. The predicted octanol–water partition coefficient (Wildman–Crippen LogP) is 4.43. The molecule has 2 aromatic rings. The Morgan fingerprint density at radius 2 is 2.00 bits per heavy atom. The highest BCUT2D eigenvalue weighted by atomic mass is 79.9. The van der Waals surface area contributed by atoms with Crippen LogP contribution in [0.4, 0.5) is 5.69 Å². The minimum Gasteiger partial charge on any atom is -0.338 e. The molecule has 0 aromatic heterocycles. The molecule has 1 heterocycles. The van der Waals surface area contributed by atoms with Gasteiger partial charge in [-0.15, -0.1) is 0 Å². The number of hydrogen-bond donors (Lipinski definition) is 1. The Morgan fingerprint density at radius 3 is 2.74 bits per heavy atom. The maximum Gasteiger partial charge on any atom is 0.261 e. The zero-order chi connectivity index (χ0) is 19.6. The van der Waals surface area contributed by atoms with Crippen molar-refractivity contribution in [3.8, 4) is 0 Å². The van der Waals surface area contributed by atoms with Gasteiger partial charge in [0.05, 0.1) is 10.6 Å². The summed E-state index contributed by atoms with van der Waals surface area (Å²) in [7, 11) is -3.80. The summed E-state index contributed by atoms with van der Waals surface area (Å²) in [5, 5.41) is 0. The van der Waals surface area contributed by atoms with Gasteiger partial charge in [-0.25, -0.2) is 8.42 Å². The molecule has 5 nitrogen and oxygen atoms in total. The van der Waals surface area contributed by atoms with Crippen molar-refractivity contribution >= 4 is 37.5 Å². The summed E-state index contributed by atoms with van der Waals surface area (Å²) in [5.41, 5.74) is 1.81. The van der Waals surface area contributed by atoms with Crippen LogP contribution in [0.3, 0.4) is 0 Å². The third-order valence-electron chi connectivity index (χ3n) is 4.70. The lowest BCUT2D eigenvalue weighted by molar-refractivity contribution is 0.0683. The van der Waals surface area contributed by atoms with Gasteiger partial charge in [0.15, 0.2) is 0 Å². The van der Waals surface area contributed by atoms with Crippen molar-refractivity contribution in [1.29, 1.82) is 0 Å². The smallest absolute Gasteiger partial charge is 0.261 e. The lowest BCUT2D eigenvalue weighted by Gasteiger charge is -2.31. The molecule has 0 aliphatic carbocycles. The van der Waals surface area contributed by atoms with Crippen LogP contribution in [-0.4, -0.2) is 32.3 Å². The molecule has 1 aliphatic heterocycles. The molecule has 0 saturated carbocycles. The molecular weight excluding hydrogens is 428 g/mol. The molecule has 1 N–H and O–H groups in total. The number of amides is 1. The molecule has 144 valence electrons. The first-order valence-corrected chi connectivity index (χ1v) is 11.2. The van der Waals surface area contributed by atoms with Crippen LogP contribution in [0.1, 0.15) is 35.7 Å². The molecule has 0 radical (unpaired) electrons. The number of likely N-dealkylation sites (tertiary alicyclic amines) is 1. The Bertz CT molecular complexity index is 959. The standard InChI is InChI=1S/C20H23BrN2O3S/c1-14-8-9-18(21)19(11-14)22-27(25,26)17-7-3-6-16(12-17)20(24)23-10-4-5-15(2)13-23/h3,6-9,11-12,15,22H,4-5,10,13H2,1-2H3. The van der Waals surface area contributed by atoms with E-state index >= 15 is 0 Å². The van der Waals surface area contributed by atoms with E-state index < -0.39 is 10.0 Å². The molecule has 2 aromatic carbocycles. The Hall–Kier alpha value is -1.86. The highest BCUT2D eigenvalue weighted by Crippen LogP contribution is 2.27. The maximum absolute atomic E-state index is 12.8. The zero-order valence-electron chi connectivity index (χ0n) is 15.4. The third kappa shape index (κ3) is 4.71. The number of rotatable bonds is 4. The molecule has 1 atom stereocenters. The number of carbonyl (C=O) groups is 1. The first-order chi connectivity index (χ1) is 12.8. The molecule has 1 aliphatic rings. The second-order valence-corrected chi connectivity index (χ2v) is 9.65. The van der Waals surface area contributed by atoms with E-state index in [1.54, 1.807) is 24.3 Å². The molecular formula is C20H23BrN2O3S. The third-order valence-corrected chi connectivity index (χ3v) is 6.76. The fraction of sp³-hybridized carbons (Fsp3) is 0.350. The average molecular weight is 451 g/mol. The molecule has 1 amide bonds. The monoisotopic (exact) mass is 450 g/mol. The van der Waals surface area contributed by atoms with Gasteiger partial charge in [0.25, 0.3) is 15.9 Å². The molecule has 0 spiro atoms. The van der Waals surface area contributed by atoms with Gasteiger partial charge in [-0.05, 0) is 77.5 Å². The summed E-state index contributed by atoms with van der Waals surface area (Å²) in [6, 6.07) is 11.7. The number of nitrogens with zero attached hydrogens (tertiary/aromatic N) is 1. The number of anilines is 1. The fourth-order valence-electron chi connectivity index (χ4n) is 3.27. The van der Waals surface area contributed by atoms with Crippen LogP contribution >= 0.6 is 15.9 Å². The highest BCUT2D eigenvalue weighted by Gasteiger charge is 2.24. The van der Waals surface area contributed by atoms with Crippen LogP contribution < -0.4 is 4.72 Å². The summed E-state index contributed by atoms with van der Waals surface area (Å²) in [6.07, 6.45) is 2.10. The summed E-state index contributed by atoms with van der Waals surface area (Å²) in [5.74, 6) is 0.352. The summed E-state index contributed by atoms with van der Waals surface area (Å²) < 4.78 is 28.9. The van der Waals surface area contributed by atoms with Crippen LogP contribution in [0.25, 0.3) is 0 Å². The van der Waals surface area contributed by atoms with E-state index in [0.717, 1.165) is 18.4 Å². The minimum absolute atomic E-state index is 0.0758. The summed E-state index contributed by atoms with van der Waals surface area (Å²) in [4.78, 5) is 14.7. The number of benzene rings is 2. The van der Waals surface area contributed by atoms with Crippen LogP contribution in [0.15, 0.2) is 51.8 Å². The molecule has 27 heavy (non-hydrogen) atoms. The SMILES string of the molecule is Cc1ccc(Br)c(NS(=O)(=O)c2cccc(C(=O)N3CCCC(C)C3)c2)c1. The van der Waals surface area contributed by atoms with Crippen molar-refractivity contribution in [2.24, 2.45) is 5.92 Å². The van der Waals surface area contributed by atoms with Crippen molar-refractivity contribution < 1.29 is 13.2 Å². The Kier molecular flexibility index (Phi) is 5.91. The quantitative estimate of drug-likeness (QED) is 0.748. The molecule has 1 unspecified atom stereocenters. The van der Waals surface area contributed by atoms with Gasteiger partial charge in [-0.1, -0.05) is 19.1 Å². The van der Waals surface area contributed by atoms with Crippen LogP contribution in [0, 0.1) is 12.8 Å². The van der Waals surface area contributed by atoms with E-state index in [1.165, 1.54) is 12.1 Å². The number of sulfonamides is 1. The lowest BCUT2D eigenvalue weighted by atomic mass is 9.99. The molecule has 0 bridgehead atoms. The minimum atomic E-state index is -3.80. The van der Waals surface area contributed by atoms with Gasteiger partial charge < -0.3 is 4.90 Å². The first-order valence-electron chi connectivity index (χ1n) is 8.94. The van der Waals surface area contributed by atoms with Gasteiger partial charge in [-0.3, -0.25) is 9.52 Å². The van der Waals surface area contributed by atoms with Crippen LogP contribution in [-0.2, 0) is 10.0 Å². The number of carbonyl (C=O) groups excluding carboxylic acids is 1. The molecule has 1 fully saturated rings. The van der Waals surface area contributed by atoms with Gasteiger partial charge in [0.1, 0.15) is 0 Å². The topological polar surface area (TPSA) is 66.5 Å². The van der Waals surface area contributed by atoms with Crippen LogP contribution in [0.5, 0.6) is 0 Å². The molecule has 7 heteroatoms. The van der Waals surface area contributed by atoms with Crippen molar-refractivity contribution in [2.45, 2.75) is 31.6 Å². The number of nitrogens with one attached hydrogen (secondary N) is 1. The zero-order valence-corrected chi connectivity index (χ0v) is 17.8. The number of piperidine rings is 1. The lowest BCUT2D eigenvalue weighted by Crippen LogP contribution is -2.39. The molecule has 1 saturated heterocycles. The van der Waals surface area contributed by atoms with Crippen molar-refractivity contribution in [1.82, 2.24) is 4.90 Å². The van der Waals surface area contributed by atoms with Gasteiger partial charge in [0, 0.05) is 23.1 Å². The largest absolute Gasteiger partial charge is 0.338 e. The molecule has 3 rings (SSSR count). The van der Waals surface area contributed by atoms with Gasteiger partial charge >= 0.3 is 0 Å². The van der Waals surface area contributed by atoms with Crippen molar-refractivity contribution in [2.75, 3.05) is 17.8 Å². The summed E-state index contributed by atoms with van der Waals surface area (Å²) in [6.45, 7) is 5.45. The first kappa shape index (κ1) is 19.9. The van der Waals surface area contributed by atoms with E-state index in [-0.39, 0.29) is 10.8 Å². The maximum atomic E-state index is 12.8. The van der Waals surface area contributed by atoms with E-state index in [9.17, 15) is 13.2 Å². The van der Waals surface area contributed by atoms with E-state index in [0.29, 0.717) is 34.7 Å². The highest BCUT2D eigenvalue weighted by molar-refractivity contribution is 9.10. The Labute approximate surface area is 169 Å². The summed E-state index contributed by atoms with van der Waals surface area (Å²) >= 11 is 3.36. The normalized spacial score (nSPS) is 17.6. The van der Waals surface area contributed by atoms with Crippen LogP contribution in [0.2, 0.25) is 0 Å². The predicted molar refractivity (Wildman–Crippen MR) is 110 cm³/mol. The second kappa shape index (κ2) is 8.02. The van der Waals surface area contributed by atoms with E-state index in [2.05, 4.69) is 27.6 Å². The number of hydrogen-bond acceptors (Lipinski definition) is 3.